The number of hydrogen-bond acceptors (Lipinski definition) is 3. The van der Waals surface area contributed by atoms with E-state index in [1.807, 2.05) is 11.0 Å². The van der Waals surface area contributed by atoms with E-state index in [-0.39, 0.29) is 11.7 Å². The zero-order valence-electron chi connectivity index (χ0n) is 14.5. The van der Waals surface area contributed by atoms with Gasteiger partial charge in [-0.15, -0.1) is 0 Å². The molecule has 4 nitrogen and oxygen atoms in total. The van der Waals surface area contributed by atoms with Crippen molar-refractivity contribution in [1.29, 1.82) is 0 Å². The second-order valence-electron chi connectivity index (χ2n) is 7.11. The Morgan fingerprint density at radius 2 is 1.92 bits per heavy atom. The Morgan fingerprint density at radius 3 is 2.67 bits per heavy atom. The van der Waals surface area contributed by atoms with Crippen molar-refractivity contribution < 1.29 is 13.9 Å². The quantitative estimate of drug-likeness (QED) is 0.850. The summed E-state index contributed by atoms with van der Waals surface area (Å²) in [5.74, 6) is -0.0314. The Bertz CT molecular complexity index is 572. The third-order valence-electron chi connectivity index (χ3n) is 5.40. The molecule has 5 heteroatoms. The summed E-state index contributed by atoms with van der Waals surface area (Å²) in [5, 5.41) is 0. The second kappa shape index (κ2) is 7.62. The van der Waals surface area contributed by atoms with E-state index in [0.29, 0.717) is 38.0 Å². The Labute approximate surface area is 143 Å². The highest BCUT2D eigenvalue weighted by atomic mass is 19.1. The monoisotopic (exact) mass is 334 g/mol. The highest BCUT2D eigenvalue weighted by molar-refractivity contribution is 5.83. The van der Waals surface area contributed by atoms with Gasteiger partial charge in [0.15, 0.2) is 0 Å². The first-order chi connectivity index (χ1) is 11.6. The Balaban J connectivity index is 1.82. The van der Waals surface area contributed by atoms with Crippen molar-refractivity contribution in [1.82, 2.24) is 9.80 Å². The fourth-order valence-corrected chi connectivity index (χ4v) is 3.82. The molecule has 2 aliphatic rings. The lowest BCUT2D eigenvalue weighted by Crippen LogP contribution is -2.49. The number of benzene rings is 1. The standard InChI is InChI=1S/C19H27FN2O2/c1-21-9-4-10-22(12-11-21)18(23)19(7-13-24-14-8-19)15-16-5-2-3-6-17(16)20/h2-3,5-6H,4,7-15H2,1H3. The highest BCUT2D eigenvalue weighted by Crippen LogP contribution is 2.37. The SMILES string of the molecule is CN1CCCN(C(=O)C2(Cc3ccccc3F)CCOCC2)CC1. The normalized spacial score (nSPS) is 22.2. The van der Waals surface area contributed by atoms with Crippen LogP contribution in [-0.2, 0) is 16.0 Å². The lowest BCUT2D eigenvalue weighted by atomic mass is 9.74. The molecule has 0 radical (unpaired) electrons. The predicted octanol–water partition coefficient (Wildman–Crippen LogP) is 2.33. The van der Waals surface area contributed by atoms with Crippen LogP contribution in [0.5, 0.6) is 0 Å². The Morgan fingerprint density at radius 1 is 1.17 bits per heavy atom. The van der Waals surface area contributed by atoms with E-state index in [1.54, 1.807) is 12.1 Å². The molecular formula is C19H27FN2O2. The van der Waals surface area contributed by atoms with Gasteiger partial charge in [-0.1, -0.05) is 18.2 Å². The van der Waals surface area contributed by atoms with Crippen molar-refractivity contribution in [3.8, 4) is 0 Å². The van der Waals surface area contributed by atoms with Crippen molar-refractivity contribution in [3.63, 3.8) is 0 Å². The molecule has 24 heavy (non-hydrogen) atoms. The summed E-state index contributed by atoms with van der Waals surface area (Å²) in [6.45, 7) is 4.63. The highest BCUT2D eigenvalue weighted by Gasteiger charge is 2.43. The summed E-state index contributed by atoms with van der Waals surface area (Å²) in [6.07, 6.45) is 2.81. The van der Waals surface area contributed by atoms with Crippen LogP contribution in [0.4, 0.5) is 4.39 Å². The van der Waals surface area contributed by atoms with Gasteiger partial charge in [-0.3, -0.25) is 4.79 Å². The molecule has 1 amide bonds. The topological polar surface area (TPSA) is 32.8 Å². The lowest BCUT2D eigenvalue weighted by molar-refractivity contribution is -0.148. The van der Waals surface area contributed by atoms with Crippen LogP contribution < -0.4 is 0 Å². The summed E-state index contributed by atoms with van der Waals surface area (Å²) in [5.41, 5.74) is 0.114. The fourth-order valence-electron chi connectivity index (χ4n) is 3.82. The van der Waals surface area contributed by atoms with E-state index in [4.69, 9.17) is 4.74 Å². The molecule has 3 rings (SSSR count). The van der Waals surface area contributed by atoms with Gasteiger partial charge >= 0.3 is 0 Å². The van der Waals surface area contributed by atoms with E-state index < -0.39 is 5.41 Å². The third-order valence-corrected chi connectivity index (χ3v) is 5.40. The molecule has 0 aromatic heterocycles. The van der Waals surface area contributed by atoms with Gasteiger partial charge in [0.2, 0.25) is 5.91 Å². The minimum Gasteiger partial charge on any atom is -0.381 e. The number of carbonyl (C=O) groups is 1. The smallest absolute Gasteiger partial charge is 0.229 e. The first-order valence-corrected chi connectivity index (χ1v) is 8.90. The molecule has 0 bridgehead atoms. The maximum Gasteiger partial charge on any atom is 0.229 e. The van der Waals surface area contributed by atoms with E-state index in [2.05, 4.69) is 11.9 Å². The van der Waals surface area contributed by atoms with Gasteiger partial charge in [0.1, 0.15) is 5.82 Å². The van der Waals surface area contributed by atoms with Crippen molar-refractivity contribution in [3.05, 3.63) is 35.6 Å². The number of ether oxygens (including phenoxy) is 1. The van der Waals surface area contributed by atoms with Crippen LogP contribution in [0.15, 0.2) is 24.3 Å². The molecule has 2 saturated heterocycles. The number of rotatable bonds is 3. The molecule has 2 fully saturated rings. The first-order valence-electron chi connectivity index (χ1n) is 8.90. The average Bonchev–Trinajstić information content (AvgIpc) is 2.82. The second-order valence-corrected chi connectivity index (χ2v) is 7.11. The maximum atomic E-state index is 14.2. The molecule has 2 heterocycles. The minimum atomic E-state index is -0.524. The number of likely N-dealkylation sites (N-methyl/N-ethyl adjacent to an activating group) is 1. The summed E-state index contributed by atoms with van der Waals surface area (Å²) in [4.78, 5) is 17.6. The number of nitrogens with zero attached hydrogens (tertiary/aromatic N) is 2. The largest absolute Gasteiger partial charge is 0.381 e. The van der Waals surface area contributed by atoms with Crippen molar-refractivity contribution in [2.45, 2.75) is 25.7 Å². The van der Waals surface area contributed by atoms with E-state index >= 15 is 0 Å². The van der Waals surface area contributed by atoms with Crippen LogP contribution in [-0.4, -0.2) is 62.1 Å². The van der Waals surface area contributed by atoms with Crippen LogP contribution >= 0.6 is 0 Å². The zero-order chi connectivity index (χ0) is 17.0. The van der Waals surface area contributed by atoms with E-state index in [9.17, 15) is 9.18 Å². The predicted molar refractivity (Wildman–Crippen MR) is 91.3 cm³/mol. The van der Waals surface area contributed by atoms with Crippen LogP contribution in [0.3, 0.4) is 0 Å². The summed E-state index contributed by atoms with van der Waals surface area (Å²) >= 11 is 0. The number of hydrogen-bond donors (Lipinski definition) is 0. The van der Waals surface area contributed by atoms with Crippen LogP contribution in [0.25, 0.3) is 0 Å². The van der Waals surface area contributed by atoms with Gasteiger partial charge in [-0.05, 0) is 50.9 Å². The molecule has 2 aliphatic heterocycles. The average molecular weight is 334 g/mol. The van der Waals surface area contributed by atoms with Crippen molar-refractivity contribution >= 4 is 5.91 Å². The van der Waals surface area contributed by atoms with Gasteiger partial charge in [0.05, 0.1) is 5.41 Å². The van der Waals surface area contributed by atoms with Crippen LogP contribution in [0, 0.1) is 11.2 Å². The van der Waals surface area contributed by atoms with Crippen LogP contribution in [0.1, 0.15) is 24.8 Å². The first kappa shape index (κ1) is 17.4. The molecular weight excluding hydrogens is 307 g/mol. The van der Waals surface area contributed by atoms with Gasteiger partial charge in [-0.25, -0.2) is 4.39 Å². The van der Waals surface area contributed by atoms with Crippen molar-refractivity contribution in [2.24, 2.45) is 5.41 Å². The summed E-state index contributed by atoms with van der Waals surface area (Å²) < 4.78 is 19.7. The molecule has 0 aliphatic carbocycles. The minimum absolute atomic E-state index is 0.185. The third kappa shape index (κ3) is 3.78. The van der Waals surface area contributed by atoms with Gasteiger partial charge in [-0.2, -0.15) is 0 Å². The molecule has 0 saturated carbocycles. The fraction of sp³-hybridized carbons (Fsp3) is 0.632. The Kier molecular flexibility index (Phi) is 5.51. The molecule has 132 valence electrons. The number of halogens is 1. The zero-order valence-corrected chi connectivity index (χ0v) is 14.5. The molecule has 0 unspecified atom stereocenters. The van der Waals surface area contributed by atoms with Gasteiger partial charge in [0.25, 0.3) is 0 Å². The maximum absolute atomic E-state index is 14.2. The molecule has 1 aromatic rings. The van der Waals surface area contributed by atoms with Gasteiger partial charge in [0, 0.05) is 32.8 Å². The van der Waals surface area contributed by atoms with Gasteiger partial charge < -0.3 is 14.5 Å². The molecule has 0 atom stereocenters. The van der Waals surface area contributed by atoms with E-state index in [0.717, 1.165) is 32.6 Å². The molecule has 0 N–H and O–H groups in total. The Hall–Kier alpha value is -1.46. The summed E-state index contributed by atoms with van der Waals surface area (Å²) in [7, 11) is 2.09. The molecule has 1 aromatic carbocycles. The number of carbonyl (C=O) groups excluding carboxylic acids is 1. The lowest BCUT2D eigenvalue weighted by Gasteiger charge is -2.39. The molecule has 0 spiro atoms. The summed E-state index contributed by atoms with van der Waals surface area (Å²) in [6, 6.07) is 6.82. The van der Waals surface area contributed by atoms with E-state index in [1.165, 1.54) is 6.07 Å². The van der Waals surface area contributed by atoms with Crippen molar-refractivity contribution in [2.75, 3.05) is 46.4 Å². The van der Waals surface area contributed by atoms with Crippen LogP contribution in [0.2, 0.25) is 0 Å². The number of amides is 1.